The van der Waals surface area contributed by atoms with E-state index in [2.05, 4.69) is 20.8 Å². The number of nitrogens with zero attached hydrogens (tertiary/aromatic N) is 1. The number of halogens is 3. The van der Waals surface area contributed by atoms with Crippen molar-refractivity contribution in [1.29, 1.82) is 0 Å². The maximum atomic E-state index is 12.4. The smallest absolute Gasteiger partial charge is 0.327 e. The minimum absolute atomic E-state index is 0.0364. The minimum atomic E-state index is -4.13. The molecule has 19 heavy (non-hydrogen) atoms. The lowest BCUT2D eigenvalue weighted by Crippen LogP contribution is -2.45. The number of hydrogen-bond donors (Lipinski definition) is 1. The highest BCUT2D eigenvalue weighted by Gasteiger charge is 2.36. The van der Waals surface area contributed by atoms with Crippen molar-refractivity contribution in [3.05, 3.63) is 0 Å². The summed E-state index contributed by atoms with van der Waals surface area (Å²) < 4.78 is 37.1. The molecule has 0 radical (unpaired) electrons. The molecule has 1 fully saturated rings. The summed E-state index contributed by atoms with van der Waals surface area (Å²) in [4.78, 5) is 1.36. The van der Waals surface area contributed by atoms with Gasteiger partial charge in [0.25, 0.3) is 0 Å². The Balaban J connectivity index is 2.55. The lowest BCUT2D eigenvalue weighted by Gasteiger charge is -2.41. The first kappa shape index (κ1) is 16.8. The molecule has 3 atom stereocenters. The standard InChI is InChI=1S/C14H27F3N2/c1-13(2,3)11-5-6-12(18)10(7-11)8-19(4)9-14(15,16)17/h10-12H,5-9,18H2,1-4H3. The van der Waals surface area contributed by atoms with E-state index in [0.29, 0.717) is 12.5 Å². The molecule has 5 heteroatoms. The lowest BCUT2D eigenvalue weighted by molar-refractivity contribution is -0.144. The summed E-state index contributed by atoms with van der Waals surface area (Å²) in [6.45, 7) is 6.19. The van der Waals surface area contributed by atoms with Gasteiger partial charge in [-0.3, -0.25) is 4.90 Å². The molecule has 1 rings (SSSR count). The molecule has 1 aliphatic carbocycles. The van der Waals surface area contributed by atoms with Crippen molar-refractivity contribution >= 4 is 0 Å². The van der Waals surface area contributed by atoms with Crippen LogP contribution in [0.2, 0.25) is 0 Å². The average molecular weight is 280 g/mol. The van der Waals surface area contributed by atoms with Crippen LogP contribution in [0, 0.1) is 17.3 Å². The highest BCUT2D eigenvalue weighted by atomic mass is 19.4. The Labute approximate surface area is 114 Å². The number of rotatable bonds is 3. The first-order valence-corrected chi connectivity index (χ1v) is 7.00. The van der Waals surface area contributed by atoms with Crippen molar-refractivity contribution in [3.8, 4) is 0 Å². The molecule has 0 aromatic carbocycles. The van der Waals surface area contributed by atoms with Gasteiger partial charge in [-0.1, -0.05) is 20.8 Å². The largest absolute Gasteiger partial charge is 0.401 e. The van der Waals surface area contributed by atoms with Gasteiger partial charge in [0.2, 0.25) is 0 Å². The molecule has 0 aromatic rings. The van der Waals surface area contributed by atoms with Gasteiger partial charge >= 0.3 is 6.18 Å². The molecule has 0 aliphatic heterocycles. The summed E-state index contributed by atoms with van der Waals surface area (Å²) in [7, 11) is 1.53. The molecule has 0 bridgehead atoms. The van der Waals surface area contributed by atoms with E-state index in [4.69, 9.17) is 5.73 Å². The monoisotopic (exact) mass is 280 g/mol. The van der Waals surface area contributed by atoms with Crippen molar-refractivity contribution in [3.63, 3.8) is 0 Å². The third kappa shape index (κ3) is 5.69. The molecule has 3 unspecified atom stereocenters. The second kappa shape index (κ2) is 6.00. The van der Waals surface area contributed by atoms with Gasteiger partial charge in [0.15, 0.2) is 0 Å². The Bertz CT molecular complexity index is 283. The fraction of sp³-hybridized carbons (Fsp3) is 1.00. The van der Waals surface area contributed by atoms with Crippen LogP contribution in [-0.2, 0) is 0 Å². The molecular formula is C14H27F3N2. The molecule has 0 saturated heterocycles. The normalized spacial score (nSPS) is 29.8. The van der Waals surface area contributed by atoms with Crippen molar-refractivity contribution in [2.75, 3.05) is 20.1 Å². The summed E-state index contributed by atoms with van der Waals surface area (Å²) in [6.07, 6.45) is -1.18. The SMILES string of the molecule is CN(CC1CC(C(C)(C)C)CCC1N)CC(F)(F)F. The molecule has 2 N–H and O–H groups in total. The Morgan fingerprint density at radius 1 is 1.16 bits per heavy atom. The van der Waals surface area contributed by atoms with Crippen LogP contribution in [0.3, 0.4) is 0 Å². The van der Waals surface area contributed by atoms with Gasteiger partial charge in [0.05, 0.1) is 6.54 Å². The molecule has 114 valence electrons. The average Bonchev–Trinajstić information content (AvgIpc) is 2.16. The van der Waals surface area contributed by atoms with Gasteiger partial charge < -0.3 is 5.73 Å². The van der Waals surface area contributed by atoms with Gasteiger partial charge in [0, 0.05) is 12.6 Å². The van der Waals surface area contributed by atoms with Crippen LogP contribution >= 0.6 is 0 Å². The van der Waals surface area contributed by atoms with E-state index >= 15 is 0 Å². The quantitative estimate of drug-likeness (QED) is 0.859. The molecule has 0 heterocycles. The number of hydrogen-bond acceptors (Lipinski definition) is 2. The van der Waals surface area contributed by atoms with Crippen molar-refractivity contribution < 1.29 is 13.2 Å². The molecule has 1 aliphatic rings. The number of nitrogens with two attached hydrogens (primary N) is 1. The van der Waals surface area contributed by atoms with Crippen LogP contribution in [0.5, 0.6) is 0 Å². The van der Waals surface area contributed by atoms with Crippen LogP contribution in [-0.4, -0.2) is 37.3 Å². The van der Waals surface area contributed by atoms with Gasteiger partial charge in [-0.15, -0.1) is 0 Å². The fourth-order valence-electron chi connectivity index (χ4n) is 3.05. The Morgan fingerprint density at radius 3 is 2.21 bits per heavy atom. The highest BCUT2D eigenvalue weighted by Crippen LogP contribution is 2.40. The van der Waals surface area contributed by atoms with Gasteiger partial charge in [0.1, 0.15) is 0 Å². The van der Waals surface area contributed by atoms with Gasteiger partial charge in [-0.25, -0.2) is 0 Å². The van der Waals surface area contributed by atoms with Crippen LogP contribution in [0.25, 0.3) is 0 Å². The molecule has 0 amide bonds. The van der Waals surface area contributed by atoms with E-state index in [1.165, 1.54) is 11.9 Å². The highest BCUT2D eigenvalue weighted by molar-refractivity contribution is 4.88. The predicted molar refractivity (Wildman–Crippen MR) is 71.8 cm³/mol. The van der Waals surface area contributed by atoms with Crippen molar-refractivity contribution in [2.45, 2.75) is 52.3 Å². The molecule has 1 saturated carbocycles. The summed E-state index contributed by atoms with van der Waals surface area (Å²) in [5.74, 6) is 0.724. The summed E-state index contributed by atoms with van der Waals surface area (Å²) in [5, 5.41) is 0. The molecular weight excluding hydrogens is 253 g/mol. The Morgan fingerprint density at radius 2 is 1.74 bits per heavy atom. The second-order valence-corrected chi connectivity index (χ2v) is 7.11. The zero-order valence-corrected chi connectivity index (χ0v) is 12.4. The van der Waals surface area contributed by atoms with Crippen molar-refractivity contribution in [2.24, 2.45) is 23.0 Å². The zero-order valence-electron chi connectivity index (χ0n) is 12.4. The first-order valence-electron chi connectivity index (χ1n) is 7.00. The summed E-state index contributed by atoms with van der Waals surface area (Å²) in [6, 6.07) is 0.0364. The van der Waals surface area contributed by atoms with E-state index in [9.17, 15) is 13.2 Å². The van der Waals surface area contributed by atoms with E-state index in [1.807, 2.05) is 0 Å². The lowest BCUT2D eigenvalue weighted by atomic mass is 9.67. The Hall–Kier alpha value is -0.290. The van der Waals surface area contributed by atoms with Crippen LogP contribution in [0.15, 0.2) is 0 Å². The van der Waals surface area contributed by atoms with Crippen LogP contribution in [0.1, 0.15) is 40.0 Å². The van der Waals surface area contributed by atoms with Gasteiger partial charge in [-0.2, -0.15) is 13.2 Å². The topological polar surface area (TPSA) is 29.3 Å². The predicted octanol–water partition coefficient (Wildman–Crippen LogP) is 3.27. The minimum Gasteiger partial charge on any atom is -0.327 e. The third-order valence-corrected chi connectivity index (χ3v) is 4.26. The van der Waals surface area contributed by atoms with Gasteiger partial charge in [-0.05, 0) is 43.6 Å². The van der Waals surface area contributed by atoms with E-state index in [-0.39, 0.29) is 17.4 Å². The number of alkyl halides is 3. The molecule has 0 aromatic heterocycles. The molecule has 0 spiro atoms. The summed E-state index contributed by atoms with van der Waals surface area (Å²) >= 11 is 0. The van der Waals surface area contributed by atoms with Crippen LogP contribution < -0.4 is 5.73 Å². The van der Waals surface area contributed by atoms with Crippen molar-refractivity contribution in [1.82, 2.24) is 4.90 Å². The van der Waals surface area contributed by atoms with Crippen LogP contribution in [0.4, 0.5) is 13.2 Å². The van der Waals surface area contributed by atoms with E-state index in [0.717, 1.165) is 19.3 Å². The molecule has 2 nitrogen and oxygen atoms in total. The summed E-state index contributed by atoms with van der Waals surface area (Å²) in [5.41, 5.74) is 6.30. The fourth-order valence-corrected chi connectivity index (χ4v) is 3.05. The van der Waals surface area contributed by atoms with E-state index in [1.54, 1.807) is 0 Å². The first-order chi connectivity index (χ1) is 8.49. The van der Waals surface area contributed by atoms with E-state index < -0.39 is 12.7 Å². The third-order valence-electron chi connectivity index (χ3n) is 4.26. The maximum absolute atomic E-state index is 12.4. The maximum Gasteiger partial charge on any atom is 0.401 e. The Kier molecular flexibility index (Phi) is 5.29. The zero-order chi connectivity index (χ0) is 14.8. The second-order valence-electron chi connectivity index (χ2n) is 7.11.